The summed E-state index contributed by atoms with van der Waals surface area (Å²) in [7, 11) is 3.92. The lowest BCUT2D eigenvalue weighted by Crippen LogP contribution is -2.33. The summed E-state index contributed by atoms with van der Waals surface area (Å²) in [6.07, 6.45) is 2.51. The van der Waals surface area contributed by atoms with E-state index in [1.807, 2.05) is 7.05 Å². The molecular weight excluding hydrogens is 206 g/mol. The van der Waals surface area contributed by atoms with Crippen molar-refractivity contribution < 1.29 is 4.79 Å². The first-order chi connectivity index (χ1) is 7.66. The summed E-state index contributed by atoms with van der Waals surface area (Å²) >= 11 is 0. The highest BCUT2D eigenvalue weighted by atomic mass is 16.2. The number of nitrogens with one attached hydrogen (secondary N) is 1. The van der Waals surface area contributed by atoms with E-state index in [-0.39, 0.29) is 5.91 Å². The van der Waals surface area contributed by atoms with E-state index < -0.39 is 0 Å². The molecule has 1 amide bonds. The molecule has 0 aliphatic carbocycles. The molecule has 1 aromatic rings. The van der Waals surface area contributed by atoms with Crippen LogP contribution in [0.25, 0.3) is 0 Å². The van der Waals surface area contributed by atoms with Gasteiger partial charge in [0.25, 0.3) is 5.91 Å². The summed E-state index contributed by atoms with van der Waals surface area (Å²) in [5, 5.41) is 6.27. The molecule has 1 aliphatic rings. The number of rotatable bonds is 3. The van der Waals surface area contributed by atoms with Crippen molar-refractivity contribution in [2.75, 3.05) is 33.7 Å². The van der Waals surface area contributed by atoms with Crippen LogP contribution in [-0.4, -0.2) is 64.6 Å². The smallest absolute Gasteiger partial charge is 0.290 e. The molecule has 2 heterocycles. The quantitative estimate of drug-likeness (QED) is 0.772. The van der Waals surface area contributed by atoms with E-state index in [0.717, 1.165) is 26.1 Å². The lowest BCUT2D eigenvalue weighted by Gasteiger charge is -2.19. The van der Waals surface area contributed by atoms with Crippen LogP contribution in [0, 0.1) is 5.92 Å². The van der Waals surface area contributed by atoms with Gasteiger partial charge in [0.2, 0.25) is 5.82 Å². The van der Waals surface area contributed by atoms with E-state index in [1.165, 1.54) is 6.33 Å². The highest BCUT2D eigenvalue weighted by molar-refractivity contribution is 5.90. The van der Waals surface area contributed by atoms with Crippen LogP contribution in [0.4, 0.5) is 0 Å². The zero-order valence-corrected chi connectivity index (χ0v) is 9.68. The third-order valence-corrected chi connectivity index (χ3v) is 2.99. The van der Waals surface area contributed by atoms with E-state index in [0.29, 0.717) is 11.7 Å². The number of aromatic nitrogens is 3. The van der Waals surface area contributed by atoms with E-state index in [1.54, 1.807) is 4.90 Å². The molecule has 0 aromatic carbocycles. The molecule has 0 bridgehead atoms. The minimum Gasteiger partial charge on any atom is -0.339 e. The second kappa shape index (κ2) is 4.61. The van der Waals surface area contributed by atoms with Crippen LogP contribution < -0.4 is 0 Å². The zero-order chi connectivity index (χ0) is 11.5. The van der Waals surface area contributed by atoms with Crippen LogP contribution in [0.2, 0.25) is 0 Å². The normalized spacial score (nSPS) is 21.2. The maximum absolute atomic E-state index is 11.9. The zero-order valence-electron chi connectivity index (χ0n) is 9.68. The molecule has 0 spiro atoms. The van der Waals surface area contributed by atoms with Gasteiger partial charge in [-0.1, -0.05) is 0 Å². The molecule has 1 unspecified atom stereocenters. The minimum absolute atomic E-state index is 0.0907. The molecule has 2 rings (SSSR count). The van der Waals surface area contributed by atoms with Gasteiger partial charge in [-0.2, -0.15) is 5.10 Å². The molecule has 1 aliphatic heterocycles. The monoisotopic (exact) mass is 223 g/mol. The average Bonchev–Trinajstić information content (AvgIpc) is 2.88. The number of aromatic amines is 1. The molecule has 1 saturated heterocycles. The first-order valence-electron chi connectivity index (χ1n) is 5.46. The summed E-state index contributed by atoms with van der Waals surface area (Å²) in [6, 6.07) is 0. The minimum atomic E-state index is -0.0907. The Morgan fingerprint density at radius 2 is 2.56 bits per heavy atom. The molecule has 6 nitrogen and oxygen atoms in total. The Hall–Kier alpha value is -1.43. The van der Waals surface area contributed by atoms with E-state index in [4.69, 9.17) is 0 Å². The second-order valence-corrected chi connectivity index (χ2v) is 4.44. The SMILES string of the molecule is CN1CCC(CN(C)C(=O)c2ncn[nH]2)C1. The first kappa shape index (κ1) is 11.1. The van der Waals surface area contributed by atoms with Crippen LogP contribution in [0.5, 0.6) is 0 Å². The van der Waals surface area contributed by atoms with Crippen molar-refractivity contribution in [2.45, 2.75) is 6.42 Å². The Balaban J connectivity index is 1.88. The fourth-order valence-electron chi connectivity index (χ4n) is 2.13. The molecular formula is C10H17N5O. The molecule has 1 atom stereocenters. The van der Waals surface area contributed by atoms with Gasteiger partial charge in [-0.05, 0) is 25.9 Å². The third kappa shape index (κ3) is 2.38. The summed E-state index contributed by atoms with van der Waals surface area (Å²) < 4.78 is 0. The van der Waals surface area contributed by atoms with Gasteiger partial charge >= 0.3 is 0 Å². The van der Waals surface area contributed by atoms with Crippen LogP contribution in [0.3, 0.4) is 0 Å². The van der Waals surface area contributed by atoms with Crippen molar-refractivity contribution in [3.63, 3.8) is 0 Å². The summed E-state index contributed by atoms with van der Waals surface area (Å²) in [6.45, 7) is 2.97. The summed E-state index contributed by atoms with van der Waals surface area (Å²) in [4.78, 5) is 19.7. The first-order valence-corrected chi connectivity index (χ1v) is 5.46. The molecule has 0 radical (unpaired) electrons. The lowest BCUT2D eigenvalue weighted by molar-refractivity contribution is 0.0762. The van der Waals surface area contributed by atoms with Crippen molar-refractivity contribution in [2.24, 2.45) is 5.92 Å². The van der Waals surface area contributed by atoms with Gasteiger partial charge in [-0.15, -0.1) is 0 Å². The largest absolute Gasteiger partial charge is 0.339 e. The Kier molecular flexibility index (Phi) is 3.19. The van der Waals surface area contributed by atoms with E-state index in [9.17, 15) is 4.79 Å². The van der Waals surface area contributed by atoms with Crippen molar-refractivity contribution in [1.82, 2.24) is 25.0 Å². The van der Waals surface area contributed by atoms with Crippen molar-refractivity contribution >= 4 is 5.91 Å². The van der Waals surface area contributed by atoms with Gasteiger partial charge in [0.05, 0.1) is 0 Å². The number of hydrogen-bond acceptors (Lipinski definition) is 4. The van der Waals surface area contributed by atoms with Crippen molar-refractivity contribution in [3.8, 4) is 0 Å². The molecule has 6 heteroatoms. The molecule has 1 aromatic heterocycles. The van der Waals surface area contributed by atoms with Gasteiger partial charge in [-0.25, -0.2) is 4.98 Å². The van der Waals surface area contributed by atoms with Crippen LogP contribution >= 0.6 is 0 Å². The fraction of sp³-hybridized carbons (Fsp3) is 0.700. The number of nitrogens with zero attached hydrogens (tertiary/aromatic N) is 4. The van der Waals surface area contributed by atoms with E-state index >= 15 is 0 Å². The number of carbonyl (C=O) groups excluding carboxylic acids is 1. The Morgan fingerprint density at radius 1 is 1.75 bits per heavy atom. The number of hydrogen-bond donors (Lipinski definition) is 1. The molecule has 0 saturated carbocycles. The van der Waals surface area contributed by atoms with Crippen molar-refractivity contribution in [1.29, 1.82) is 0 Å². The average molecular weight is 223 g/mol. The van der Waals surface area contributed by atoms with Crippen LogP contribution in [-0.2, 0) is 0 Å². The predicted octanol–water partition coefficient (Wildman–Crippen LogP) is -0.172. The van der Waals surface area contributed by atoms with Gasteiger partial charge in [-0.3, -0.25) is 9.89 Å². The molecule has 1 fully saturated rings. The van der Waals surface area contributed by atoms with Gasteiger partial charge in [0.1, 0.15) is 6.33 Å². The number of amides is 1. The highest BCUT2D eigenvalue weighted by Gasteiger charge is 2.23. The number of likely N-dealkylation sites (tertiary alicyclic amines) is 1. The topological polar surface area (TPSA) is 65.1 Å². The standard InChI is InChI=1S/C10H17N5O/c1-14-4-3-8(5-14)6-15(2)10(16)9-11-7-12-13-9/h7-8H,3-6H2,1-2H3,(H,11,12,13). The molecule has 16 heavy (non-hydrogen) atoms. The van der Waals surface area contributed by atoms with Crippen molar-refractivity contribution in [3.05, 3.63) is 12.2 Å². The van der Waals surface area contributed by atoms with E-state index in [2.05, 4.69) is 27.1 Å². The van der Waals surface area contributed by atoms with Gasteiger partial charge < -0.3 is 9.80 Å². The highest BCUT2D eigenvalue weighted by Crippen LogP contribution is 2.15. The number of carbonyl (C=O) groups is 1. The van der Waals surface area contributed by atoms with Gasteiger partial charge in [0.15, 0.2) is 0 Å². The third-order valence-electron chi connectivity index (χ3n) is 2.99. The van der Waals surface area contributed by atoms with Crippen LogP contribution in [0.1, 0.15) is 17.0 Å². The second-order valence-electron chi connectivity index (χ2n) is 4.44. The Bertz CT molecular complexity index is 350. The fourth-order valence-corrected chi connectivity index (χ4v) is 2.13. The Morgan fingerprint density at radius 3 is 3.12 bits per heavy atom. The maximum atomic E-state index is 11.9. The molecule has 88 valence electrons. The summed E-state index contributed by atoms with van der Waals surface area (Å²) in [5.41, 5.74) is 0. The van der Waals surface area contributed by atoms with Gasteiger partial charge in [0, 0.05) is 20.1 Å². The Labute approximate surface area is 94.6 Å². The van der Waals surface area contributed by atoms with Crippen LogP contribution in [0.15, 0.2) is 6.33 Å². The maximum Gasteiger partial charge on any atom is 0.290 e. The summed E-state index contributed by atoms with van der Waals surface area (Å²) in [5.74, 6) is 0.794. The lowest BCUT2D eigenvalue weighted by atomic mass is 10.1. The number of H-pyrrole nitrogens is 1. The predicted molar refractivity (Wildman–Crippen MR) is 58.9 cm³/mol. The molecule has 1 N–H and O–H groups in total.